The highest BCUT2D eigenvalue weighted by atomic mass is 35.5. The fourth-order valence-electron chi connectivity index (χ4n) is 2.99. The van der Waals surface area contributed by atoms with E-state index in [-0.39, 0.29) is 10.6 Å². The summed E-state index contributed by atoms with van der Waals surface area (Å²) in [5, 5.41) is 3.77. The van der Waals surface area contributed by atoms with E-state index < -0.39 is 11.9 Å². The summed E-state index contributed by atoms with van der Waals surface area (Å²) < 4.78 is 15.5. The Kier molecular flexibility index (Phi) is 4.56. The van der Waals surface area contributed by atoms with Crippen LogP contribution in [0.15, 0.2) is 47.8 Å². The van der Waals surface area contributed by atoms with Gasteiger partial charge in [-0.25, -0.2) is 19.3 Å². The van der Waals surface area contributed by atoms with Crippen molar-refractivity contribution in [1.29, 1.82) is 0 Å². The molecule has 0 aliphatic rings. The SMILES string of the molecule is C[C@H](Nc1nccc(-c2cncn2C)n1)c1cc2cc(Cl)c(F)cc2[nH]c1=O. The second-order valence-electron chi connectivity index (χ2n) is 6.43. The zero-order chi connectivity index (χ0) is 19.8. The minimum absolute atomic E-state index is 0.00155. The van der Waals surface area contributed by atoms with E-state index in [2.05, 4.69) is 25.3 Å². The van der Waals surface area contributed by atoms with Crippen LogP contribution in [0.25, 0.3) is 22.3 Å². The molecule has 1 aromatic carbocycles. The van der Waals surface area contributed by atoms with Crippen LogP contribution < -0.4 is 10.9 Å². The number of halogens is 2. The molecule has 0 radical (unpaired) electrons. The van der Waals surface area contributed by atoms with E-state index >= 15 is 0 Å². The Bertz CT molecular complexity index is 1230. The lowest BCUT2D eigenvalue weighted by molar-refractivity contribution is 0.629. The van der Waals surface area contributed by atoms with Crippen molar-refractivity contribution in [3.8, 4) is 11.4 Å². The number of hydrogen-bond donors (Lipinski definition) is 2. The number of imidazole rings is 1. The van der Waals surface area contributed by atoms with E-state index in [0.717, 1.165) is 5.69 Å². The van der Waals surface area contributed by atoms with Gasteiger partial charge < -0.3 is 14.9 Å². The second kappa shape index (κ2) is 7.05. The maximum absolute atomic E-state index is 13.6. The Hall–Kier alpha value is -3.26. The first-order chi connectivity index (χ1) is 13.4. The van der Waals surface area contributed by atoms with Crippen LogP contribution in [-0.4, -0.2) is 24.5 Å². The summed E-state index contributed by atoms with van der Waals surface area (Å²) in [7, 11) is 1.88. The van der Waals surface area contributed by atoms with Gasteiger partial charge in [-0.1, -0.05) is 11.6 Å². The quantitative estimate of drug-likeness (QED) is 0.547. The Labute approximate surface area is 164 Å². The van der Waals surface area contributed by atoms with Crippen molar-refractivity contribution >= 4 is 28.5 Å². The molecule has 0 bridgehead atoms. The number of benzene rings is 1. The van der Waals surface area contributed by atoms with Gasteiger partial charge in [-0.3, -0.25) is 4.79 Å². The molecule has 4 aromatic rings. The summed E-state index contributed by atoms with van der Waals surface area (Å²) in [4.78, 5) is 28.0. The van der Waals surface area contributed by atoms with Crippen LogP contribution in [0.1, 0.15) is 18.5 Å². The Morgan fingerprint density at radius 1 is 1.32 bits per heavy atom. The molecule has 4 rings (SSSR count). The molecule has 0 unspecified atom stereocenters. The number of nitrogens with one attached hydrogen (secondary N) is 2. The third-order valence-corrected chi connectivity index (χ3v) is 4.75. The molecular weight excluding hydrogens is 383 g/mol. The number of rotatable bonds is 4. The molecular formula is C19H16ClFN6O. The number of fused-ring (bicyclic) bond motifs is 1. The van der Waals surface area contributed by atoms with Crippen LogP contribution in [0.4, 0.5) is 10.3 Å². The van der Waals surface area contributed by atoms with E-state index in [9.17, 15) is 9.18 Å². The lowest BCUT2D eigenvalue weighted by Crippen LogP contribution is -2.20. The van der Waals surface area contributed by atoms with Gasteiger partial charge in [-0.2, -0.15) is 0 Å². The monoisotopic (exact) mass is 398 g/mol. The molecule has 0 spiro atoms. The third-order valence-electron chi connectivity index (χ3n) is 4.46. The predicted molar refractivity (Wildman–Crippen MR) is 106 cm³/mol. The number of H-pyrrole nitrogens is 1. The van der Waals surface area contributed by atoms with Crippen molar-refractivity contribution in [2.45, 2.75) is 13.0 Å². The average Bonchev–Trinajstić information content (AvgIpc) is 3.09. The minimum Gasteiger partial charge on any atom is -0.347 e. The molecule has 0 saturated carbocycles. The van der Waals surface area contributed by atoms with Gasteiger partial charge in [0.15, 0.2) is 0 Å². The highest BCUT2D eigenvalue weighted by molar-refractivity contribution is 6.31. The minimum atomic E-state index is -0.580. The predicted octanol–water partition coefficient (Wildman–Crippen LogP) is 3.68. The van der Waals surface area contributed by atoms with Gasteiger partial charge in [0.1, 0.15) is 5.82 Å². The Morgan fingerprint density at radius 2 is 2.14 bits per heavy atom. The van der Waals surface area contributed by atoms with Crippen molar-refractivity contribution in [2.24, 2.45) is 7.05 Å². The standard InChI is InChI=1S/C19H16ClFN6O/c1-10(12-5-11-6-13(20)14(21)7-16(11)25-18(12)28)24-19-23-4-3-15(26-19)17-8-22-9-27(17)2/h3-10H,1-2H3,(H,25,28)(H,23,24,26)/t10-/m0/s1. The molecule has 28 heavy (non-hydrogen) atoms. The fourth-order valence-corrected chi connectivity index (χ4v) is 3.16. The number of anilines is 1. The zero-order valence-electron chi connectivity index (χ0n) is 15.1. The van der Waals surface area contributed by atoms with Gasteiger partial charge in [0, 0.05) is 24.2 Å². The molecule has 3 aromatic heterocycles. The van der Waals surface area contributed by atoms with Gasteiger partial charge in [-0.05, 0) is 31.2 Å². The van der Waals surface area contributed by atoms with Gasteiger partial charge in [-0.15, -0.1) is 0 Å². The molecule has 0 aliphatic carbocycles. The molecule has 0 amide bonds. The summed E-state index contributed by atoms with van der Waals surface area (Å²) in [6.07, 6.45) is 5.04. The topological polar surface area (TPSA) is 88.5 Å². The lowest BCUT2D eigenvalue weighted by atomic mass is 10.1. The van der Waals surface area contributed by atoms with Crippen LogP contribution >= 0.6 is 11.6 Å². The summed E-state index contributed by atoms with van der Waals surface area (Å²) in [6.45, 7) is 1.82. The van der Waals surface area contributed by atoms with Gasteiger partial charge >= 0.3 is 0 Å². The first-order valence-electron chi connectivity index (χ1n) is 8.50. The first-order valence-corrected chi connectivity index (χ1v) is 8.88. The van der Waals surface area contributed by atoms with E-state index in [1.807, 2.05) is 18.5 Å². The van der Waals surface area contributed by atoms with E-state index in [4.69, 9.17) is 11.6 Å². The van der Waals surface area contributed by atoms with Crippen LogP contribution in [0.2, 0.25) is 5.02 Å². The van der Waals surface area contributed by atoms with Crippen LogP contribution in [0.5, 0.6) is 0 Å². The number of aromatic amines is 1. The molecule has 9 heteroatoms. The second-order valence-corrected chi connectivity index (χ2v) is 6.84. The maximum atomic E-state index is 13.6. The molecule has 2 N–H and O–H groups in total. The number of aromatic nitrogens is 5. The Balaban J connectivity index is 1.66. The molecule has 0 saturated heterocycles. The number of pyridine rings is 1. The van der Waals surface area contributed by atoms with Crippen molar-refractivity contribution in [2.75, 3.05) is 5.32 Å². The fraction of sp³-hybridized carbons (Fsp3) is 0.158. The van der Waals surface area contributed by atoms with E-state index in [1.54, 1.807) is 30.9 Å². The molecule has 3 heterocycles. The summed E-state index contributed by atoms with van der Waals surface area (Å²) in [6, 6.07) is 5.77. The van der Waals surface area contributed by atoms with Gasteiger partial charge in [0.05, 0.1) is 40.5 Å². The van der Waals surface area contributed by atoms with Gasteiger partial charge in [0.25, 0.3) is 5.56 Å². The van der Waals surface area contributed by atoms with E-state index in [0.29, 0.717) is 28.1 Å². The first kappa shape index (κ1) is 18.1. The van der Waals surface area contributed by atoms with Crippen LogP contribution in [0.3, 0.4) is 0 Å². The van der Waals surface area contributed by atoms with Crippen molar-refractivity contribution < 1.29 is 4.39 Å². The summed E-state index contributed by atoms with van der Waals surface area (Å²) >= 11 is 5.86. The van der Waals surface area contributed by atoms with Gasteiger partial charge in [0.2, 0.25) is 5.95 Å². The molecule has 142 valence electrons. The van der Waals surface area contributed by atoms with Crippen molar-refractivity contribution in [3.63, 3.8) is 0 Å². The average molecular weight is 399 g/mol. The smallest absolute Gasteiger partial charge is 0.253 e. The maximum Gasteiger partial charge on any atom is 0.253 e. The van der Waals surface area contributed by atoms with Crippen LogP contribution in [0, 0.1) is 5.82 Å². The molecule has 0 aliphatic heterocycles. The lowest BCUT2D eigenvalue weighted by Gasteiger charge is -2.15. The largest absolute Gasteiger partial charge is 0.347 e. The van der Waals surface area contributed by atoms with Crippen molar-refractivity contribution in [3.05, 3.63) is 69.7 Å². The molecule has 0 fully saturated rings. The number of hydrogen-bond acceptors (Lipinski definition) is 5. The normalized spacial score (nSPS) is 12.3. The number of aryl methyl sites for hydroxylation is 1. The third kappa shape index (κ3) is 3.34. The molecule has 7 nitrogen and oxygen atoms in total. The number of nitrogens with zero attached hydrogens (tertiary/aromatic N) is 4. The Morgan fingerprint density at radius 3 is 2.89 bits per heavy atom. The van der Waals surface area contributed by atoms with E-state index in [1.165, 1.54) is 12.1 Å². The summed E-state index contributed by atoms with van der Waals surface area (Å²) in [5.74, 6) is -0.202. The van der Waals surface area contributed by atoms with Crippen molar-refractivity contribution in [1.82, 2.24) is 24.5 Å². The van der Waals surface area contributed by atoms with Crippen LogP contribution in [-0.2, 0) is 7.05 Å². The highest BCUT2D eigenvalue weighted by Crippen LogP contribution is 2.24. The molecule has 1 atom stereocenters. The highest BCUT2D eigenvalue weighted by Gasteiger charge is 2.14. The zero-order valence-corrected chi connectivity index (χ0v) is 15.8. The summed E-state index contributed by atoms with van der Waals surface area (Å²) in [5.41, 5.74) is 2.08.